The van der Waals surface area contributed by atoms with E-state index in [0.29, 0.717) is 43.3 Å². The van der Waals surface area contributed by atoms with Crippen molar-refractivity contribution in [2.45, 2.75) is 96.5 Å². The smallest absolute Gasteiger partial charge is 0.255 e. The first-order valence-corrected chi connectivity index (χ1v) is 19.7. The summed E-state index contributed by atoms with van der Waals surface area (Å²) in [5.74, 6) is -1.21. The highest BCUT2D eigenvalue weighted by atomic mass is 32.2. The van der Waals surface area contributed by atoms with E-state index in [1.54, 1.807) is 48.1 Å². The number of aromatic nitrogens is 4. The van der Waals surface area contributed by atoms with E-state index in [9.17, 15) is 23.6 Å². The molecule has 4 heterocycles. The van der Waals surface area contributed by atoms with E-state index in [1.807, 2.05) is 19.9 Å². The normalized spacial score (nSPS) is 22.0. The number of thioether (sulfide) groups is 1. The number of nitrogens with one attached hydrogen (secondary N) is 2. The average molecular weight is 751 g/mol. The minimum Gasteiger partial charge on any atom is -0.486 e. The Kier molecular flexibility index (Phi) is 14.6. The van der Waals surface area contributed by atoms with E-state index in [4.69, 9.17) is 4.74 Å². The minimum absolute atomic E-state index is 0.0104. The lowest BCUT2D eigenvalue weighted by Crippen LogP contribution is -2.61. The zero-order valence-electron chi connectivity index (χ0n) is 30.8. The van der Waals surface area contributed by atoms with Crippen molar-refractivity contribution in [3.8, 4) is 5.75 Å². The van der Waals surface area contributed by atoms with Gasteiger partial charge in [-0.15, -0.1) is 5.10 Å². The van der Waals surface area contributed by atoms with Crippen LogP contribution in [-0.2, 0) is 34.0 Å². The number of pyridine rings is 1. The van der Waals surface area contributed by atoms with Crippen LogP contribution in [-0.4, -0.2) is 103 Å². The molecular weight excluding hydrogens is 700 g/mol. The van der Waals surface area contributed by atoms with Crippen LogP contribution in [0.3, 0.4) is 0 Å². The first-order valence-electron chi connectivity index (χ1n) is 18.5. The van der Waals surface area contributed by atoms with Gasteiger partial charge in [0.05, 0.1) is 11.8 Å². The molecule has 3 aromatic rings. The van der Waals surface area contributed by atoms with E-state index in [-0.39, 0.29) is 42.1 Å². The van der Waals surface area contributed by atoms with Gasteiger partial charge in [0.15, 0.2) is 0 Å². The fraction of sp³-hybridized carbons (Fsp3) is 0.553. The molecule has 0 spiro atoms. The lowest BCUT2D eigenvalue weighted by atomic mass is 10.0. The second-order valence-electron chi connectivity index (χ2n) is 14.1. The molecule has 0 unspecified atom stereocenters. The summed E-state index contributed by atoms with van der Waals surface area (Å²) >= 11 is 1.56. The highest BCUT2D eigenvalue weighted by Crippen LogP contribution is 2.25. The Bertz CT molecular complexity index is 1690. The van der Waals surface area contributed by atoms with Crippen LogP contribution < -0.4 is 15.4 Å². The Morgan fingerprint density at radius 1 is 1.02 bits per heavy atom. The summed E-state index contributed by atoms with van der Waals surface area (Å²) in [6.07, 6.45) is 11.4. The highest BCUT2D eigenvalue weighted by Gasteiger charge is 2.40. The molecule has 1 saturated heterocycles. The number of carbonyl (C=O) groups excluding carboxylic acids is 4. The third kappa shape index (κ3) is 11.2. The van der Waals surface area contributed by atoms with Crippen molar-refractivity contribution in [2.75, 3.05) is 31.6 Å². The number of carbonyl (C=O) groups is 4. The van der Waals surface area contributed by atoms with Crippen molar-refractivity contribution in [3.05, 3.63) is 71.6 Å². The van der Waals surface area contributed by atoms with Gasteiger partial charge in [0, 0.05) is 63.1 Å². The number of benzene rings is 1. The molecule has 0 saturated carbocycles. The number of likely N-dealkylation sites (N-methyl/N-ethyl adjacent to an activating group) is 1. The number of amides is 4. The number of nitrogens with zero attached hydrogens (tertiary/aromatic N) is 6. The van der Waals surface area contributed by atoms with Gasteiger partial charge in [-0.3, -0.25) is 28.8 Å². The predicted octanol–water partition coefficient (Wildman–Crippen LogP) is 4.02. The number of rotatable bonds is 4. The van der Waals surface area contributed by atoms with E-state index in [2.05, 4.69) is 25.9 Å². The van der Waals surface area contributed by atoms with Gasteiger partial charge in [0.25, 0.3) is 5.91 Å². The number of fused-ring (bicyclic) bond motifs is 4. The summed E-state index contributed by atoms with van der Waals surface area (Å²) in [5.41, 5.74) is 1.40. The maximum absolute atomic E-state index is 14.4. The summed E-state index contributed by atoms with van der Waals surface area (Å²) in [5, 5.41) is 14.3. The number of hydrogen-bond acceptors (Lipinski definition) is 9. The van der Waals surface area contributed by atoms with Crippen LogP contribution in [0, 0.1) is 11.7 Å². The molecule has 1 fully saturated rings. The molecule has 13 nitrogen and oxygen atoms in total. The predicted molar refractivity (Wildman–Crippen MR) is 199 cm³/mol. The molecule has 0 radical (unpaired) electrons. The summed E-state index contributed by atoms with van der Waals surface area (Å²) < 4.78 is 22.1. The summed E-state index contributed by atoms with van der Waals surface area (Å²) in [6.45, 7) is 5.33. The minimum atomic E-state index is -0.975. The molecule has 2 bridgehead atoms. The maximum Gasteiger partial charge on any atom is 0.255 e. The van der Waals surface area contributed by atoms with Crippen LogP contribution >= 0.6 is 11.8 Å². The molecule has 15 heteroatoms. The van der Waals surface area contributed by atoms with Crippen LogP contribution in [0.5, 0.6) is 5.75 Å². The second-order valence-corrected chi connectivity index (χ2v) is 15.3. The molecule has 2 aliphatic heterocycles. The summed E-state index contributed by atoms with van der Waals surface area (Å²) in [4.78, 5) is 63.5. The fourth-order valence-electron chi connectivity index (χ4n) is 6.64. The molecule has 1 aromatic carbocycles. The van der Waals surface area contributed by atoms with Crippen molar-refractivity contribution in [3.63, 3.8) is 0 Å². The molecule has 2 aromatic heterocycles. The van der Waals surface area contributed by atoms with Crippen LogP contribution in [0.2, 0.25) is 0 Å². The quantitative estimate of drug-likeness (QED) is 0.403. The Morgan fingerprint density at radius 3 is 2.58 bits per heavy atom. The zero-order valence-corrected chi connectivity index (χ0v) is 31.7. The van der Waals surface area contributed by atoms with Gasteiger partial charge in [0.1, 0.15) is 42.0 Å². The standard InChI is InChI=1S/C38H51FN8O5S/c1-26(2)19-31-37(50)47-17-18-53-25-33(47)38(51)45(3)32(20-27-11-10-14-40-22-27)36(49)41-15-8-6-4-5-7-9-16-46-23-29(43-44-46)24-52-34-21-28(39)12-13-30(34)35(48)42-31/h10-14,21-23,26,31-33H,4-9,15-20,24-25H2,1-3H3,(H,41,49)(H,42,48)/t31-,32+,33-/m1/s1. The number of hydrogen-bond donors (Lipinski definition) is 2. The van der Waals surface area contributed by atoms with Gasteiger partial charge in [-0.2, -0.15) is 11.8 Å². The summed E-state index contributed by atoms with van der Waals surface area (Å²) in [6, 6.07) is 4.65. The molecule has 2 aliphatic rings. The lowest BCUT2D eigenvalue weighted by Gasteiger charge is -2.40. The van der Waals surface area contributed by atoms with E-state index in [0.717, 1.165) is 50.2 Å². The van der Waals surface area contributed by atoms with Crippen molar-refractivity contribution < 1.29 is 28.3 Å². The molecule has 0 aliphatic carbocycles. The van der Waals surface area contributed by atoms with Gasteiger partial charge in [-0.1, -0.05) is 50.8 Å². The Labute approximate surface area is 314 Å². The Hall–Kier alpha value is -4.53. The summed E-state index contributed by atoms with van der Waals surface area (Å²) in [7, 11) is 1.61. The van der Waals surface area contributed by atoms with Crippen LogP contribution in [0.25, 0.3) is 0 Å². The average Bonchev–Trinajstić information content (AvgIpc) is 3.61. The van der Waals surface area contributed by atoms with Gasteiger partial charge in [-0.25, -0.2) is 4.39 Å². The van der Waals surface area contributed by atoms with Crippen LogP contribution in [0.4, 0.5) is 4.39 Å². The van der Waals surface area contributed by atoms with E-state index >= 15 is 0 Å². The van der Waals surface area contributed by atoms with Crippen molar-refractivity contribution in [1.82, 2.24) is 40.4 Å². The van der Waals surface area contributed by atoms with Crippen molar-refractivity contribution in [2.24, 2.45) is 5.92 Å². The lowest BCUT2D eigenvalue weighted by molar-refractivity contribution is -0.148. The third-order valence-corrected chi connectivity index (χ3v) is 10.6. The first kappa shape index (κ1) is 39.7. The van der Waals surface area contributed by atoms with Gasteiger partial charge in [0.2, 0.25) is 17.7 Å². The molecule has 4 amide bonds. The molecule has 286 valence electrons. The third-order valence-electron chi connectivity index (χ3n) is 9.54. The SMILES string of the molecule is CC(C)C[C@H]1NC(=O)c2ccc(F)cc2OCc2cn(nn2)CCCCCCCCNC(=O)[C@H](Cc2cccnc2)N(C)C(=O)[C@H]2CSCCN2C1=O. The molecular formula is C38H51FN8O5S. The Morgan fingerprint density at radius 2 is 1.81 bits per heavy atom. The van der Waals surface area contributed by atoms with Gasteiger partial charge in [-0.05, 0) is 48.9 Å². The molecule has 53 heavy (non-hydrogen) atoms. The maximum atomic E-state index is 14.4. The van der Waals surface area contributed by atoms with Crippen LogP contribution in [0.1, 0.15) is 80.4 Å². The van der Waals surface area contributed by atoms with Crippen molar-refractivity contribution in [1.29, 1.82) is 0 Å². The Balaban J connectivity index is 1.42. The molecule has 2 N–H and O–H groups in total. The number of aryl methyl sites for hydroxylation is 1. The van der Waals surface area contributed by atoms with Crippen LogP contribution in [0.15, 0.2) is 48.9 Å². The zero-order chi connectivity index (χ0) is 37.7. The fourth-order valence-corrected chi connectivity index (χ4v) is 7.68. The highest BCUT2D eigenvalue weighted by molar-refractivity contribution is 7.99. The van der Waals surface area contributed by atoms with Gasteiger partial charge >= 0.3 is 0 Å². The van der Waals surface area contributed by atoms with Crippen molar-refractivity contribution >= 4 is 35.4 Å². The monoisotopic (exact) mass is 750 g/mol. The molecule has 3 atom stereocenters. The largest absolute Gasteiger partial charge is 0.486 e. The van der Waals surface area contributed by atoms with Gasteiger partial charge < -0.3 is 25.2 Å². The topological polar surface area (TPSA) is 152 Å². The van der Waals surface area contributed by atoms with E-state index < -0.39 is 35.8 Å². The van der Waals surface area contributed by atoms with E-state index in [1.165, 1.54) is 21.9 Å². The second kappa shape index (κ2) is 19.5. The number of halogens is 1. The number of ether oxygens (including phenoxy) is 1. The first-order chi connectivity index (χ1) is 25.6. The molecule has 5 rings (SSSR count).